The first-order valence-corrected chi connectivity index (χ1v) is 6.63. The van der Waals surface area contributed by atoms with E-state index in [1.54, 1.807) is 0 Å². The van der Waals surface area contributed by atoms with Crippen molar-refractivity contribution in [2.75, 3.05) is 31.1 Å². The predicted molar refractivity (Wildman–Crippen MR) is 75.5 cm³/mol. The molecule has 2 N–H and O–H groups in total. The number of carbonyl (C=O) groups is 1. The number of benzene rings is 1. The van der Waals surface area contributed by atoms with Crippen molar-refractivity contribution in [3.63, 3.8) is 0 Å². The number of nitrogens with zero attached hydrogens (tertiary/aromatic N) is 2. The molecular weight excluding hydrogens is 278 g/mol. The van der Waals surface area contributed by atoms with Crippen LogP contribution in [0.5, 0.6) is 5.75 Å². The van der Waals surface area contributed by atoms with E-state index in [2.05, 4.69) is 5.32 Å². The molecule has 1 unspecified atom stereocenters. The zero-order chi connectivity index (χ0) is 15.4. The SMILES string of the molecule is CCNCC(O)CN1C(=O)COc2ccc([N+](=O)[O-])cc21. The third-order valence-electron chi connectivity index (χ3n) is 3.12. The van der Waals surface area contributed by atoms with Gasteiger partial charge in [-0.3, -0.25) is 14.9 Å². The first-order chi connectivity index (χ1) is 10.0. The minimum atomic E-state index is -0.765. The minimum Gasteiger partial charge on any atom is -0.482 e. The number of hydrogen-bond acceptors (Lipinski definition) is 6. The maximum absolute atomic E-state index is 11.9. The van der Waals surface area contributed by atoms with E-state index in [1.807, 2.05) is 6.92 Å². The molecule has 0 aliphatic carbocycles. The summed E-state index contributed by atoms with van der Waals surface area (Å²) < 4.78 is 5.25. The molecule has 8 heteroatoms. The van der Waals surface area contributed by atoms with Crippen molar-refractivity contribution < 1.29 is 19.6 Å². The van der Waals surface area contributed by atoms with Crippen molar-refractivity contribution in [2.45, 2.75) is 13.0 Å². The molecule has 21 heavy (non-hydrogen) atoms. The molecule has 1 heterocycles. The molecule has 0 radical (unpaired) electrons. The van der Waals surface area contributed by atoms with Crippen LogP contribution in [0, 0.1) is 10.1 Å². The highest BCUT2D eigenvalue weighted by molar-refractivity contribution is 5.98. The largest absolute Gasteiger partial charge is 0.482 e. The van der Waals surface area contributed by atoms with Crippen molar-refractivity contribution in [2.24, 2.45) is 0 Å². The average Bonchev–Trinajstić information content (AvgIpc) is 2.47. The summed E-state index contributed by atoms with van der Waals surface area (Å²) in [6.45, 7) is 2.87. The number of rotatable bonds is 6. The van der Waals surface area contributed by atoms with Crippen LogP contribution in [-0.4, -0.2) is 48.3 Å². The molecule has 0 aromatic heterocycles. The first-order valence-electron chi connectivity index (χ1n) is 6.63. The number of fused-ring (bicyclic) bond motifs is 1. The summed E-state index contributed by atoms with van der Waals surface area (Å²) in [4.78, 5) is 23.6. The smallest absolute Gasteiger partial charge is 0.271 e. The lowest BCUT2D eigenvalue weighted by Crippen LogP contribution is -2.45. The molecule has 1 aliphatic rings. The number of non-ortho nitro benzene ring substituents is 1. The molecule has 1 atom stereocenters. The summed E-state index contributed by atoms with van der Waals surface area (Å²) in [6.07, 6.45) is -0.765. The fraction of sp³-hybridized carbons (Fsp3) is 0.462. The summed E-state index contributed by atoms with van der Waals surface area (Å²) in [6, 6.07) is 4.07. The van der Waals surface area contributed by atoms with Gasteiger partial charge in [0.2, 0.25) is 0 Å². The first kappa shape index (κ1) is 15.2. The molecule has 0 bridgehead atoms. The van der Waals surface area contributed by atoms with Crippen LogP contribution < -0.4 is 15.0 Å². The quantitative estimate of drug-likeness (QED) is 0.577. The van der Waals surface area contributed by atoms with Gasteiger partial charge in [-0.25, -0.2) is 0 Å². The fourth-order valence-corrected chi connectivity index (χ4v) is 2.09. The van der Waals surface area contributed by atoms with Gasteiger partial charge in [0, 0.05) is 18.7 Å². The molecule has 0 saturated heterocycles. The zero-order valence-electron chi connectivity index (χ0n) is 11.6. The fourth-order valence-electron chi connectivity index (χ4n) is 2.09. The van der Waals surface area contributed by atoms with Gasteiger partial charge in [0.1, 0.15) is 5.75 Å². The molecule has 1 amide bonds. The highest BCUT2D eigenvalue weighted by Crippen LogP contribution is 2.35. The lowest BCUT2D eigenvalue weighted by Gasteiger charge is -2.30. The Kier molecular flexibility index (Phi) is 4.71. The van der Waals surface area contributed by atoms with E-state index in [4.69, 9.17) is 4.74 Å². The number of anilines is 1. The average molecular weight is 295 g/mol. The Morgan fingerprint density at radius 1 is 1.57 bits per heavy atom. The van der Waals surface area contributed by atoms with Crippen LogP contribution in [0.2, 0.25) is 0 Å². The van der Waals surface area contributed by atoms with E-state index in [1.165, 1.54) is 23.1 Å². The standard InChI is InChI=1S/C13H17N3O5/c1-2-14-6-10(17)7-15-11-5-9(16(19)20)3-4-12(11)21-8-13(15)18/h3-5,10,14,17H,2,6-8H2,1H3. The number of nitro groups is 1. The third-order valence-corrected chi connectivity index (χ3v) is 3.12. The number of amides is 1. The second kappa shape index (κ2) is 6.51. The van der Waals surface area contributed by atoms with E-state index in [9.17, 15) is 20.0 Å². The molecule has 1 aliphatic heterocycles. The lowest BCUT2D eigenvalue weighted by atomic mass is 10.2. The summed E-state index contributed by atoms with van der Waals surface area (Å²) in [5.41, 5.74) is 0.189. The second-order valence-electron chi connectivity index (χ2n) is 4.66. The maximum Gasteiger partial charge on any atom is 0.271 e. The number of likely N-dealkylation sites (N-methyl/N-ethyl adjacent to an activating group) is 1. The number of aliphatic hydroxyl groups is 1. The van der Waals surface area contributed by atoms with Crippen molar-refractivity contribution in [1.29, 1.82) is 0 Å². The van der Waals surface area contributed by atoms with Crippen molar-refractivity contribution in [1.82, 2.24) is 5.32 Å². The van der Waals surface area contributed by atoms with Crippen LogP contribution in [-0.2, 0) is 4.79 Å². The van der Waals surface area contributed by atoms with Gasteiger partial charge in [0.25, 0.3) is 11.6 Å². The molecule has 0 spiro atoms. The van der Waals surface area contributed by atoms with Crippen molar-refractivity contribution >= 4 is 17.3 Å². The Bertz CT molecular complexity index is 549. The summed E-state index contributed by atoms with van der Waals surface area (Å²) in [5.74, 6) is 0.0643. The van der Waals surface area contributed by atoms with Gasteiger partial charge in [-0.15, -0.1) is 0 Å². The van der Waals surface area contributed by atoms with Gasteiger partial charge in [-0.1, -0.05) is 6.92 Å². The van der Waals surface area contributed by atoms with E-state index in [0.717, 1.165) is 0 Å². The van der Waals surface area contributed by atoms with Crippen LogP contribution in [0.25, 0.3) is 0 Å². The van der Waals surface area contributed by atoms with Gasteiger partial charge >= 0.3 is 0 Å². The van der Waals surface area contributed by atoms with Crippen LogP contribution in [0.1, 0.15) is 6.92 Å². The number of aliphatic hydroxyl groups excluding tert-OH is 1. The number of β-amino-alcohol motifs (C(OH)–C–C–N with tert-alkyl or cyclic N) is 1. The number of nitrogens with one attached hydrogen (secondary N) is 1. The van der Waals surface area contributed by atoms with Gasteiger partial charge in [-0.05, 0) is 12.6 Å². The maximum atomic E-state index is 11.9. The van der Waals surface area contributed by atoms with Crippen LogP contribution >= 0.6 is 0 Å². The normalized spacial score (nSPS) is 15.3. The highest BCUT2D eigenvalue weighted by atomic mass is 16.6. The third kappa shape index (κ3) is 3.47. The van der Waals surface area contributed by atoms with Gasteiger partial charge in [0.15, 0.2) is 6.61 Å². The number of hydrogen-bond donors (Lipinski definition) is 2. The second-order valence-corrected chi connectivity index (χ2v) is 4.66. The molecule has 0 fully saturated rings. The van der Waals surface area contributed by atoms with E-state index >= 15 is 0 Å². The van der Waals surface area contributed by atoms with Crippen LogP contribution in [0.15, 0.2) is 18.2 Å². The van der Waals surface area contributed by atoms with Crippen LogP contribution in [0.3, 0.4) is 0 Å². The van der Waals surface area contributed by atoms with Gasteiger partial charge in [-0.2, -0.15) is 0 Å². The predicted octanol–water partition coefficient (Wildman–Crippen LogP) is 0.291. The molecular formula is C13H17N3O5. The Hall–Kier alpha value is -2.19. The van der Waals surface area contributed by atoms with Crippen LogP contribution in [0.4, 0.5) is 11.4 Å². The van der Waals surface area contributed by atoms with Gasteiger partial charge < -0.3 is 20.1 Å². The molecule has 1 aromatic rings. The molecule has 8 nitrogen and oxygen atoms in total. The van der Waals surface area contributed by atoms with Crippen molar-refractivity contribution in [3.8, 4) is 5.75 Å². The van der Waals surface area contributed by atoms with Gasteiger partial charge in [0.05, 0.1) is 23.3 Å². The Morgan fingerprint density at radius 2 is 2.33 bits per heavy atom. The Balaban J connectivity index is 2.23. The monoisotopic (exact) mass is 295 g/mol. The minimum absolute atomic E-state index is 0.0589. The zero-order valence-corrected chi connectivity index (χ0v) is 11.6. The van der Waals surface area contributed by atoms with E-state index in [0.29, 0.717) is 24.5 Å². The molecule has 1 aromatic carbocycles. The number of nitro benzene ring substituents is 1. The lowest BCUT2D eigenvalue weighted by molar-refractivity contribution is -0.384. The molecule has 2 rings (SSSR count). The highest BCUT2D eigenvalue weighted by Gasteiger charge is 2.28. The van der Waals surface area contributed by atoms with Crippen molar-refractivity contribution in [3.05, 3.63) is 28.3 Å². The van der Waals surface area contributed by atoms with E-state index in [-0.39, 0.29) is 24.7 Å². The summed E-state index contributed by atoms with van der Waals surface area (Å²) in [7, 11) is 0. The summed E-state index contributed by atoms with van der Waals surface area (Å²) >= 11 is 0. The summed E-state index contributed by atoms with van der Waals surface area (Å²) in [5, 5.41) is 23.7. The molecule has 114 valence electrons. The molecule has 0 saturated carbocycles. The Labute approximate surface area is 121 Å². The number of ether oxygens (including phenoxy) is 1. The topological polar surface area (TPSA) is 105 Å². The van der Waals surface area contributed by atoms with E-state index < -0.39 is 11.0 Å². The Morgan fingerprint density at radius 3 is 3.00 bits per heavy atom. The number of carbonyl (C=O) groups excluding carboxylic acids is 1.